The second-order valence-corrected chi connectivity index (χ2v) is 8.70. The minimum absolute atomic E-state index is 0.00287. The lowest BCUT2D eigenvalue weighted by molar-refractivity contribution is -0.114. The van der Waals surface area contributed by atoms with Crippen molar-refractivity contribution in [3.8, 4) is 17.2 Å². The van der Waals surface area contributed by atoms with Gasteiger partial charge in [0, 0.05) is 12.1 Å². The van der Waals surface area contributed by atoms with Crippen LogP contribution in [0, 0.1) is 0 Å². The molecule has 2 aromatic rings. The lowest BCUT2D eigenvalue weighted by Crippen LogP contribution is -2.37. The molecule has 2 aromatic carbocycles. The summed E-state index contributed by atoms with van der Waals surface area (Å²) >= 11 is 6.10. The van der Waals surface area contributed by atoms with Gasteiger partial charge in [-0.25, -0.2) is 13.2 Å². The topological polar surface area (TPSA) is 120 Å². The molecule has 0 heterocycles. The van der Waals surface area contributed by atoms with Crippen molar-refractivity contribution >= 4 is 44.9 Å². The molecule has 0 aliphatic rings. The van der Waals surface area contributed by atoms with Crippen molar-refractivity contribution in [2.24, 2.45) is 0 Å². The van der Waals surface area contributed by atoms with E-state index in [2.05, 4.69) is 5.32 Å². The summed E-state index contributed by atoms with van der Waals surface area (Å²) in [5.41, 5.74) is 0.214. The Morgan fingerprint density at radius 2 is 1.56 bits per heavy atom. The van der Waals surface area contributed by atoms with E-state index in [0.29, 0.717) is 5.75 Å². The van der Waals surface area contributed by atoms with Gasteiger partial charge in [0.1, 0.15) is 12.3 Å². The number of hydrogen-bond acceptors (Lipinski definition) is 8. The largest absolute Gasteiger partial charge is 0.495 e. The summed E-state index contributed by atoms with van der Waals surface area (Å²) in [5.74, 6) is -0.613. The fourth-order valence-electron chi connectivity index (χ4n) is 2.79. The lowest BCUT2D eigenvalue weighted by Gasteiger charge is -2.23. The SMILES string of the molecule is COC(=O)c1cc(OC)c(OC)cc1NC(=O)CN(c1ccc(OC)c(Cl)c1)S(C)(=O)=O. The summed E-state index contributed by atoms with van der Waals surface area (Å²) in [6.07, 6.45) is 0.953. The van der Waals surface area contributed by atoms with Crippen molar-refractivity contribution < 1.29 is 37.0 Å². The van der Waals surface area contributed by atoms with Crippen molar-refractivity contribution in [1.29, 1.82) is 0 Å². The number of esters is 1. The Hall–Kier alpha value is -3.18. The van der Waals surface area contributed by atoms with E-state index in [1.165, 1.54) is 58.8 Å². The average Bonchev–Trinajstić information content (AvgIpc) is 2.75. The molecular formula is C20H23ClN2O8S. The number of carbonyl (C=O) groups excluding carboxylic acids is 2. The fourth-order valence-corrected chi connectivity index (χ4v) is 3.89. The van der Waals surface area contributed by atoms with Crippen LogP contribution in [-0.2, 0) is 19.6 Å². The molecule has 1 N–H and O–H groups in total. The van der Waals surface area contributed by atoms with Gasteiger partial charge in [-0.15, -0.1) is 0 Å². The summed E-state index contributed by atoms with van der Waals surface area (Å²) < 4.78 is 45.8. The van der Waals surface area contributed by atoms with E-state index in [1.807, 2.05) is 0 Å². The molecule has 32 heavy (non-hydrogen) atoms. The summed E-state index contributed by atoms with van der Waals surface area (Å²) in [6, 6.07) is 7.02. The molecule has 0 saturated heterocycles. The third kappa shape index (κ3) is 5.74. The molecule has 12 heteroatoms. The van der Waals surface area contributed by atoms with Crippen LogP contribution in [0.25, 0.3) is 0 Å². The average molecular weight is 487 g/mol. The van der Waals surface area contributed by atoms with Crippen molar-refractivity contribution in [1.82, 2.24) is 0 Å². The predicted molar refractivity (Wildman–Crippen MR) is 120 cm³/mol. The molecule has 0 aliphatic heterocycles. The highest BCUT2D eigenvalue weighted by molar-refractivity contribution is 7.92. The molecule has 0 bridgehead atoms. The van der Waals surface area contributed by atoms with Crippen molar-refractivity contribution in [2.45, 2.75) is 0 Å². The van der Waals surface area contributed by atoms with Gasteiger partial charge in [0.2, 0.25) is 15.9 Å². The second-order valence-electron chi connectivity index (χ2n) is 6.38. The molecule has 2 rings (SSSR count). The summed E-state index contributed by atoms with van der Waals surface area (Å²) in [6.45, 7) is -0.587. The number of hydrogen-bond donors (Lipinski definition) is 1. The van der Waals surface area contributed by atoms with E-state index in [4.69, 9.17) is 30.5 Å². The molecule has 0 fully saturated rings. The van der Waals surface area contributed by atoms with Crippen LogP contribution in [0.15, 0.2) is 30.3 Å². The van der Waals surface area contributed by atoms with E-state index in [9.17, 15) is 18.0 Å². The highest BCUT2D eigenvalue weighted by Crippen LogP contribution is 2.34. The van der Waals surface area contributed by atoms with Crippen LogP contribution in [0.2, 0.25) is 5.02 Å². The first-order valence-corrected chi connectivity index (χ1v) is 11.2. The van der Waals surface area contributed by atoms with Gasteiger partial charge in [-0.3, -0.25) is 9.10 Å². The van der Waals surface area contributed by atoms with Crippen LogP contribution in [0.3, 0.4) is 0 Å². The Labute approximate surface area is 191 Å². The number of benzene rings is 2. The van der Waals surface area contributed by atoms with Gasteiger partial charge in [-0.05, 0) is 18.2 Å². The quantitative estimate of drug-likeness (QED) is 0.537. The molecule has 0 spiro atoms. The number of nitrogens with one attached hydrogen (secondary N) is 1. The molecule has 0 radical (unpaired) electrons. The number of carbonyl (C=O) groups is 2. The van der Waals surface area contributed by atoms with Gasteiger partial charge in [-0.2, -0.15) is 0 Å². The normalized spacial score (nSPS) is 10.8. The number of amides is 1. The third-order valence-corrected chi connectivity index (χ3v) is 5.75. The number of anilines is 2. The fraction of sp³-hybridized carbons (Fsp3) is 0.300. The maximum absolute atomic E-state index is 12.8. The first-order valence-electron chi connectivity index (χ1n) is 9.01. The van der Waals surface area contributed by atoms with E-state index in [1.54, 1.807) is 0 Å². The van der Waals surface area contributed by atoms with Crippen LogP contribution >= 0.6 is 11.6 Å². The summed E-state index contributed by atoms with van der Waals surface area (Å²) in [4.78, 5) is 25.0. The molecule has 174 valence electrons. The molecule has 0 aromatic heterocycles. The van der Waals surface area contributed by atoms with Crippen LogP contribution in [-0.4, -0.2) is 61.5 Å². The molecular weight excluding hydrogens is 464 g/mol. The Morgan fingerprint density at radius 1 is 0.969 bits per heavy atom. The molecule has 0 unspecified atom stereocenters. The van der Waals surface area contributed by atoms with Crippen LogP contribution < -0.4 is 23.8 Å². The maximum atomic E-state index is 12.8. The Kier molecular flexibility index (Phi) is 8.17. The zero-order valence-corrected chi connectivity index (χ0v) is 19.7. The third-order valence-electron chi connectivity index (χ3n) is 4.31. The Morgan fingerprint density at radius 3 is 2.06 bits per heavy atom. The Bertz CT molecular complexity index is 1120. The second kappa shape index (κ2) is 10.4. The van der Waals surface area contributed by atoms with Gasteiger partial charge < -0.3 is 24.3 Å². The van der Waals surface area contributed by atoms with E-state index in [-0.39, 0.29) is 33.5 Å². The number of nitrogens with zero attached hydrogens (tertiary/aromatic N) is 1. The van der Waals surface area contributed by atoms with Crippen LogP contribution in [0.4, 0.5) is 11.4 Å². The monoisotopic (exact) mass is 486 g/mol. The molecule has 0 saturated carbocycles. The van der Waals surface area contributed by atoms with Gasteiger partial charge in [0.25, 0.3) is 0 Å². The maximum Gasteiger partial charge on any atom is 0.340 e. The highest BCUT2D eigenvalue weighted by atomic mass is 35.5. The molecule has 1 amide bonds. The van der Waals surface area contributed by atoms with E-state index >= 15 is 0 Å². The number of ether oxygens (including phenoxy) is 4. The van der Waals surface area contributed by atoms with Crippen molar-refractivity contribution in [3.63, 3.8) is 0 Å². The minimum Gasteiger partial charge on any atom is -0.495 e. The standard InChI is InChI=1S/C20H23ClN2O8S/c1-28-16-7-6-12(8-14(16)21)23(32(5,26)27)11-19(24)22-15-10-18(30-3)17(29-2)9-13(15)20(25)31-4/h6-10H,11H2,1-5H3,(H,22,24). The van der Waals surface area contributed by atoms with Crippen molar-refractivity contribution in [3.05, 3.63) is 40.9 Å². The van der Waals surface area contributed by atoms with E-state index in [0.717, 1.165) is 10.6 Å². The molecule has 10 nitrogen and oxygen atoms in total. The Balaban J connectivity index is 2.40. The number of sulfonamides is 1. The van der Waals surface area contributed by atoms with Gasteiger partial charge in [-0.1, -0.05) is 11.6 Å². The van der Waals surface area contributed by atoms with Gasteiger partial charge in [0.15, 0.2) is 11.5 Å². The summed E-state index contributed by atoms with van der Waals surface area (Å²) in [7, 11) is 1.52. The summed E-state index contributed by atoms with van der Waals surface area (Å²) in [5, 5.41) is 2.70. The van der Waals surface area contributed by atoms with Crippen LogP contribution in [0.1, 0.15) is 10.4 Å². The van der Waals surface area contributed by atoms with Crippen LogP contribution in [0.5, 0.6) is 17.2 Å². The molecule has 0 aliphatic carbocycles. The first-order chi connectivity index (χ1) is 15.0. The minimum atomic E-state index is -3.86. The lowest BCUT2D eigenvalue weighted by atomic mass is 10.1. The smallest absolute Gasteiger partial charge is 0.340 e. The van der Waals surface area contributed by atoms with Gasteiger partial charge in [0.05, 0.1) is 56.7 Å². The van der Waals surface area contributed by atoms with Crippen molar-refractivity contribution in [2.75, 3.05) is 50.9 Å². The molecule has 0 atom stereocenters. The number of halogens is 1. The van der Waals surface area contributed by atoms with E-state index < -0.39 is 28.4 Å². The first kappa shape index (κ1) is 25.1. The zero-order chi connectivity index (χ0) is 24.1. The number of methoxy groups -OCH3 is 4. The van der Waals surface area contributed by atoms with Gasteiger partial charge >= 0.3 is 5.97 Å². The zero-order valence-electron chi connectivity index (χ0n) is 18.1. The highest BCUT2D eigenvalue weighted by Gasteiger charge is 2.24. The number of rotatable bonds is 9. The predicted octanol–water partition coefficient (Wildman–Crippen LogP) is 2.56.